The van der Waals surface area contributed by atoms with Crippen molar-refractivity contribution in [1.82, 2.24) is 14.8 Å². The van der Waals surface area contributed by atoms with Crippen LogP contribution in [0.2, 0.25) is 0 Å². The minimum absolute atomic E-state index is 0.222. The van der Waals surface area contributed by atoms with Crippen molar-refractivity contribution < 1.29 is 4.74 Å². The fraction of sp³-hybridized carbons (Fsp3) is 0.385. The van der Waals surface area contributed by atoms with Gasteiger partial charge in [0.1, 0.15) is 11.6 Å². The predicted octanol–water partition coefficient (Wildman–Crippen LogP) is 1.79. The van der Waals surface area contributed by atoms with Crippen molar-refractivity contribution in [3.8, 4) is 5.75 Å². The van der Waals surface area contributed by atoms with Gasteiger partial charge in [0.15, 0.2) is 0 Å². The zero-order valence-corrected chi connectivity index (χ0v) is 10.3. The second-order valence-corrected chi connectivity index (χ2v) is 4.49. The molecule has 2 N–H and O–H groups in total. The number of para-hydroxylation sites is 1. The largest absolute Gasteiger partial charge is 0.496 e. The van der Waals surface area contributed by atoms with E-state index in [0.29, 0.717) is 5.95 Å². The minimum Gasteiger partial charge on any atom is -0.496 e. The summed E-state index contributed by atoms with van der Waals surface area (Å²) >= 11 is 0. The molecule has 0 spiro atoms. The Hall–Kier alpha value is -2.04. The molecule has 5 nitrogen and oxygen atoms in total. The van der Waals surface area contributed by atoms with Crippen LogP contribution in [0, 0.1) is 0 Å². The third-order valence-electron chi connectivity index (χ3n) is 3.41. The summed E-state index contributed by atoms with van der Waals surface area (Å²) in [6.45, 7) is 0.894. The van der Waals surface area contributed by atoms with E-state index in [1.165, 1.54) is 0 Å². The molecule has 18 heavy (non-hydrogen) atoms. The summed E-state index contributed by atoms with van der Waals surface area (Å²) in [7, 11) is 1.70. The van der Waals surface area contributed by atoms with Crippen LogP contribution in [-0.2, 0) is 6.54 Å². The molecule has 1 atom stereocenters. The Kier molecular flexibility index (Phi) is 2.66. The lowest BCUT2D eigenvalue weighted by Crippen LogP contribution is -2.18. The fourth-order valence-electron chi connectivity index (χ4n) is 2.62. The topological polar surface area (TPSA) is 66.0 Å². The number of hydrogen-bond donors (Lipinski definition) is 1. The van der Waals surface area contributed by atoms with E-state index in [0.717, 1.165) is 36.5 Å². The van der Waals surface area contributed by atoms with Crippen LogP contribution in [0.25, 0.3) is 0 Å². The first-order valence-corrected chi connectivity index (χ1v) is 6.12. The Balaban J connectivity index is 2.08. The summed E-state index contributed by atoms with van der Waals surface area (Å²) in [5.74, 6) is 2.42. The number of nitrogen functional groups attached to an aromatic ring is 1. The Labute approximate surface area is 106 Å². The fourth-order valence-corrected chi connectivity index (χ4v) is 2.62. The molecule has 2 heterocycles. The molecule has 0 saturated carbocycles. The average molecular weight is 244 g/mol. The van der Waals surface area contributed by atoms with E-state index < -0.39 is 0 Å². The standard InChI is InChI=1S/C13H16N4O/c1-18-11-7-3-2-5-9(11)10-6-4-8-17-12(10)15-13(14)16-17/h2-3,5,7,10H,4,6,8H2,1H3,(H2,14,16). The van der Waals surface area contributed by atoms with E-state index in [1.54, 1.807) is 7.11 Å². The maximum absolute atomic E-state index is 5.69. The van der Waals surface area contributed by atoms with Gasteiger partial charge in [-0.3, -0.25) is 0 Å². The molecule has 94 valence electrons. The molecular weight excluding hydrogens is 228 g/mol. The van der Waals surface area contributed by atoms with Crippen molar-refractivity contribution in [2.75, 3.05) is 12.8 Å². The van der Waals surface area contributed by atoms with Crippen molar-refractivity contribution in [2.45, 2.75) is 25.3 Å². The summed E-state index contributed by atoms with van der Waals surface area (Å²) in [5.41, 5.74) is 6.86. The monoisotopic (exact) mass is 244 g/mol. The first kappa shape index (κ1) is 11.1. The number of anilines is 1. The van der Waals surface area contributed by atoms with E-state index in [2.05, 4.69) is 16.1 Å². The summed E-state index contributed by atoms with van der Waals surface area (Å²) in [5, 5.41) is 4.22. The molecule has 5 heteroatoms. The number of methoxy groups -OCH3 is 1. The predicted molar refractivity (Wildman–Crippen MR) is 68.5 cm³/mol. The molecule has 1 aromatic heterocycles. The highest BCUT2D eigenvalue weighted by atomic mass is 16.5. The zero-order valence-electron chi connectivity index (χ0n) is 10.3. The number of ether oxygens (including phenoxy) is 1. The molecule has 1 aliphatic rings. The highest BCUT2D eigenvalue weighted by Crippen LogP contribution is 2.36. The zero-order chi connectivity index (χ0) is 12.5. The second kappa shape index (κ2) is 4.33. The van der Waals surface area contributed by atoms with Gasteiger partial charge < -0.3 is 10.5 Å². The Morgan fingerprint density at radius 1 is 1.39 bits per heavy atom. The molecule has 0 fully saturated rings. The summed E-state index contributed by atoms with van der Waals surface area (Å²) in [6, 6.07) is 8.07. The van der Waals surface area contributed by atoms with Crippen molar-refractivity contribution in [3.05, 3.63) is 35.7 Å². The van der Waals surface area contributed by atoms with Crippen LogP contribution in [-0.4, -0.2) is 21.9 Å². The van der Waals surface area contributed by atoms with Crippen molar-refractivity contribution in [3.63, 3.8) is 0 Å². The molecule has 0 amide bonds. The molecule has 1 unspecified atom stereocenters. The van der Waals surface area contributed by atoms with Crippen LogP contribution in [0.5, 0.6) is 5.75 Å². The lowest BCUT2D eigenvalue weighted by Gasteiger charge is -2.23. The quantitative estimate of drug-likeness (QED) is 0.874. The SMILES string of the molecule is COc1ccccc1C1CCCn2nc(N)nc21. The Bertz CT molecular complexity index is 564. The number of hydrogen-bond acceptors (Lipinski definition) is 4. The van der Waals surface area contributed by atoms with E-state index in [9.17, 15) is 0 Å². The minimum atomic E-state index is 0.222. The molecule has 0 bridgehead atoms. The first-order chi connectivity index (χ1) is 8.79. The molecule has 1 aliphatic heterocycles. The smallest absolute Gasteiger partial charge is 0.239 e. The molecule has 2 aromatic rings. The summed E-state index contributed by atoms with van der Waals surface area (Å²) in [4.78, 5) is 4.36. The molecular formula is C13H16N4O. The van der Waals surface area contributed by atoms with Crippen LogP contribution < -0.4 is 10.5 Å². The van der Waals surface area contributed by atoms with Gasteiger partial charge in [-0.1, -0.05) is 18.2 Å². The normalized spacial score (nSPS) is 18.4. The Morgan fingerprint density at radius 3 is 3.06 bits per heavy atom. The molecule has 0 saturated heterocycles. The van der Waals surface area contributed by atoms with Gasteiger partial charge in [0.25, 0.3) is 0 Å². The third-order valence-corrected chi connectivity index (χ3v) is 3.41. The van der Waals surface area contributed by atoms with Gasteiger partial charge in [-0.15, -0.1) is 5.10 Å². The van der Waals surface area contributed by atoms with E-state index in [1.807, 2.05) is 22.9 Å². The van der Waals surface area contributed by atoms with Crippen molar-refractivity contribution in [2.24, 2.45) is 0 Å². The van der Waals surface area contributed by atoms with Crippen LogP contribution >= 0.6 is 0 Å². The van der Waals surface area contributed by atoms with E-state index >= 15 is 0 Å². The van der Waals surface area contributed by atoms with Gasteiger partial charge in [0, 0.05) is 18.0 Å². The summed E-state index contributed by atoms with van der Waals surface area (Å²) in [6.07, 6.45) is 2.14. The number of rotatable bonds is 2. The van der Waals surface area contributed by atoms with Crippen LogP contribution in [0.4, 0.5) is 5.95 Å². The van der Waals surface area contributed by atoms with Crippen molar-refractivity contribution in [1.29, 1.82) is 0 Å². The number of nitrogens with zero attached hydrogens (tertiary/aromatic N) is 3. The van der Waals surface area contributed by atoms with Gasteiger partial charge >= 0.3 is 0 Å². The second-order valence-electron chi connectivity index (χ2n) is 4.49. The molecule has 0 radical (unpaired) electrons. The number of nitrogens with two attached hydrogens (primary N) is 1. The van der Waals surface area contributed by atoms with Crippen LogP contribution in [0.3, 0.4) is 0 Å². The highest BCUT2D eigenvalue weighted by molar-refractivity contribution is 5.40. The van der Waals surface area contributed by atoms with Crippen molar-refractivity contribution >= 4 is 5.95 Å². The van der Waals surface area contributed by atoms with Gasteiger partial charge in [0.05, 0.1) is 7.11 Å². The lowest BCUT2D eigenvalue weighted by atomic mass is 9.90. The number of aryl methyl sites for hydroxylation is 1. The van der Waals surface area contributed by atoms with E-state index in [4.69, 9.17) is 10.5 Å². The van der Waals surface area contributed by atoms with Gasteiger partial charge in [0.2, 0.25) is 5.95 Å². The average Bonchev–Trinajstić information content (AvgIpc) is 2.78. The maximum atomic E-state index is 5.69. The van der Waals surface area contributed by atoms with Crippen LogP contribution in [0.1, 0.15) is 30.1 Å². The molecule has 1 aromatic carbocycles. The lowest BCUT2D eigenvalue weighted by molar-refractivity contribution is 0.394. The van der Waals surface area contributed by atoms with Crippen LogP contribution in [0.15, 0.2) is 24.3 Å². The highest BCUT2D eigenvalue weighted by Gasteiger charge is 2.27. The van der Waals surface area contributed by atoms with Gasteiger partial charge in [-0.2, -0.15) is 4.98 Å². The molecule has 3 rings (SSSR count). The number of benzene rings is 1. The number of aromatic nitrogens is 3. The van der Waals surface area contributed by atoms with Gasteiger partial charge in [-0.05, 0) is 18.9 Å². The third kappa shape index (κ3) is 1.72. The first-order valence-electron chi connectivity index (χ1n) is 6.12. The molecule has 0 aliphatic carbocycles. The maximum Gasteiger partial charge on any atom is 0.239 e. The number of fused-ring (bicyclic) bond motifs is 1. The summed E-state index contributed by atoms with van der Waals surface area (Å²) < 4.78 is 7.34. The Morgan fingerprint density at radius 2 is 2.22 bits per heavy atom. The van der Waals surface area contributed by atoms with E-state index in [-0.39, 0.29) is 5.92 Å². The van der Waals surface area contributed by atoms with Gasteiger partial charge in [-0.25, -0.2) is 4.68 Å².